The summed E-state index contributed by atoms with van der Waals surface area (Å²) < 4.78 is 13.1. The van der Waals surface area contributed by atoms with Gasteiger partial charge in [-0.2, -0.15) is 0 Å². The number of hydrogen-bond donors (Lipinski definition) is 2. The smallest absolute Gasteiger partial charge is 0.126 e. The lowest BCUT2D eigenvalue weighted by atomic mass is 10.1. The number of hydrogen-bond acceptors (Lipinski definition) is 2. The third kappa shape index (κ3) is 2.52. The molecule has 0 unspecified atom stereocenters. The molecule has 0 aliphatic heterocycles. The second kappa shape index (κ2) is 5.04. The van der Waals surface area contributed by atoms with E-state index in [-0.39, 0.29) is 10.0 Å². The second-order valence-electron chi connectivity index (χ2n) is 3.89. The van der Waals surface area contributed by atoms with E-state index in [4.69, 9.17) is 28.9 Å². The van der Waals surface area contributed by atoms with Crippen molar-refractivity contribution in [3.05, 3.63) is 51.8 Å². The molecule has 18 heavy (non-hydrogen) atoms. The van der Waals surface area contributed by atoms with Gasteiger partial charge in [-0.1, -0.05) is 29.3 Å². The molecule has 2 rings (SSSR count). The molecule has 0 aromatic heterocycles. The highest BCUT2D eigenvalue weighted by molar-refractivity contribution is 6.39. The van der Waals surface area contributed by atoms with Crippen molar-refractivity contribution in [2.75, 3.05) is 11.1 Å². The summed E-state index contributed by atoms with van der Waals surface area (Å²) in [5.41, 5.74) is 8.60. The van der Waals surface area contributed by atoms with Crippen LogP contribution >= 0.6 is 23.2 Å². The quantitative estimate of drug-likeness (QED) is 0.780. The number of nitrogen functional groups attached to an aromatic ring is 1. The van der Waals surface area contributed by atoms with Gasteiger partial charge in [0.05, 0.1) is 15.7 Å². The van der Waals surface area contributed by atoms with Gasteiger partial charge in [-0.25, -0.2) is 4.39 Å². The Bertz CT molecular complexity index is 577. The Hall–Kier alpha value is -1.45. The molecular weight excluding hydrogens is 274 g/mol. The zero-order valence-electron chi connectivity index (χ0n) is 9.60. The maximum absolute atomic E-state index is 13.1. The fraction of sp³-hybridized carbons (Fsp3) is 0.0769. The van der Waals surface area contributed by atoms with Gasteiger partial charge in [0, 0.05) is 11.4 Å². The Balaban J connectivity index is 2.43. The van der Waals surface area contributed by atoms with E-state index in [9.17, 15) is 4.39 Å². The molecule has 0 atom stereocenters. The number of rotatable bonds is 2. The molecule has 94 valence electrons. The van der Waals surface area contributed by atoms with Gasteiger partial charge >= 0.3 is 0 Å². The predicted octanol–water partition coefficient (Wildman–Crippen LogP) is 4.77. The Kier molecular flexibility index (Phi) is 3.64. The van der Waals surface area contributed by atoms with Crippen LogP contribution in [0.1, 0.15) is 5.56 Å². The topological polar surface area (TPSA) is 38.0 Å². The molecule has 5 heteroatoms. The summed E-state index contributed by atoms with van der Waals surface area (Å²) in [6.45, 7) is 1.88. The van der Waals surface area contributed by atoms with E-state index in [0.717, 1.165) is 11.3 Å². The van der Waals surface area contributed by atoms with E-state index < -0.39 is 5.82 Å². The normalized spacial score (nSPS) is 10.4. The summed E-state index contributed by atoms with van der Waals surface area (Å²) in [6, 6.07) is 7.88. The standard InChI is InChI=1S/C13H11Cl2FN2/c1-7-11(17)3-2-4-12(7)18-13-9(14)5-8(16)6-10(13)15/h2-6,18H,17H2,1H3. The Morgan fingerprint density at radius 2 is 1.78 bits per heavy atom. The highest BCUT2D eigenvalue weighted by Gasteiger charge is 2.10. The average molecular weight is 285 g/mol. The van der Waals surface area contributed by atoms with Gasteiger partial charge in [0.2, 0.25) is 0 Å². The molecule has 0 heterocycles. The zero-order valence-corrected chi connectivity index (χ0v) is 11.1. The van der Waals surface area contributed by atoms with Crippen LogP contribution < -0.4 is 11.1 Å². The molecule has 0 spiro atoms. The molecule has 3 N–H and O–H groups in total. The third-order valence-electron chi connectivity index (χ3n) is 2.64. The Morgan fingerprint density at radius 3 is 2.39 bits per heavy atom. The van der Waals surface area contributed by atoms with E-state index in [1.54, 1.807) is 6.07 Å². The zero-order chi connectivity index (χ0) is 13.3. The maximum atomic E-state index is 13.1. The summed E-state index contributed by atoms with van der Waals surface area (Å²) in [4.78, 5) is 0. The first kappa shape index (κ1) is 13.0. The lowest BCUT2D eigenvalue weighted by molar-refractivity contribution is 0.628. The van der Waals surface area contributed by atoms with Crippen LogP contribution in [0.5, 0.6) is 0 Å². The first-order valence-electron chi connectivity index (χ1n) is 5.25. The van der Waals surface area contributed by atoms with Crippen LogP contribution in [0.15, 0.2) is 30.3 Å². The van der Waals surface area contributed by atoms with Crippen molar-refractivity contribution in [3.63, 3.8) is 0 Å². The minimum absolute atomic E-state index is 0.224. The third-order valence-corrected chi connectivity index (χ3v) is 3.24. The molecule has 0 bridgehead atoms. The monoisotopic (exact) mass is 284 g/mol. The molecular formula is C13H11Cl2FN2. The van der Waals surface area contributed by atoms with E-state index in [2.05, 4.69) is 5.32 Å². The van der Waals surface area contributed by atoms with Gasteiger partial charge in [0.15, 0.2) is 0 Å². The predicted molar refractivity (Wildman–Crippen MR) is 75.3 cm³/mol. The van der Waals surface area contributed by atoms with Crippen molar-refractivity contribution in [3.8, 4) is 0 Å². The molecule has 0 radical (unpaired) electrons. The lowest BCUT2D eigenvalue weighted by Gasteiger charge is -2.14. The van der Waals surface area contributed by atoms with Gasteiger partial charge in [-0.15, -0.1) is 0 Å². The van der Waals surface area contributed by atoms with Gasteiger partial charge in [-0.3, -0.25) is 0 Å². The van der Waals surface area contributed by atoms with E-state index in [0.29, 0.717) is 11.4 Å². The van der Waals surface area contributed by atoms with Crippen LogP contribution in [0, 0.1) is 12.7 Å². The summed E-state index contributed by atoms with van der Waals surface area (Å²) in [6.07, 6.45) is 0. The molecule has 2 nitrogen and oxygen atoms in total. The van der Waals surface area contributed by atoms with E-state index in [1.165, 1.54) is 12.1 Å². The molecule has 0 aliphatic rings. The number of nitrogens with one attached hydrogen (secondary N) is 1. The number of halogens is 3. The van der Waals surface area contributed by atoms with Crippen LogP contribution in [-0.4, -0.2) is 0 Å². The van der Waals surface area contributed by atoms with Crippen LogP contribution in [0.4, 0.5) is 21.5 Å². The van der Waals surface area contributed by atoms with Crippen molar-refractivity contribution in [1.29, 1.82) is 0 Å². The highest BCUT2D eigenvalue weighted by Crippen LogP contribution is 2.35. The van der Waals surface area contributed by atoms with Crippen molar-refractivity contribution < 1.29 is 4.39 Å². The molecule has 2 aromatic carbocycles. The van der Waals surface area contributed by atoms with Crippen LogP contribution in [-0.2, 0) is 0 Å². The van der Waals surface area contributed by atoms with Crippen LogP contribution in [0.3, 0.4) is 0 Å². The van der Waals surface area contributed by atoms with Gasteiger partial charge in [0.1, 0.15) is 5.82 Å². The van der Waals surface area contributed by atoms with Crippen molar-refractivity contribution in [1.82, 2.24) is 0 Å². The summed E-state index contributed by atoms with van der Waals surface area (Å²) in [7, 11) is 0. The van der Waals surface area contributed by atoms with Gasteiger partial charge < -0.3 is 11.1 Å². The summed E-state index contributed by atoms with van der Waals surface area (Å²) in [5.74, 6) is -0.472. The first-order valence-corrected chi connectivity index (χ1v) is 6.01. The Morgan fingerprint density at radius 1 is 1.17 bits per heavy atom. The van der Waals surface area contributed by atoms with Crippen LogP contribution in [0.25, 0.3) is 0 Å². The summed E-state index contributed by atoms with van der Waals surface area (Å²) >= 11 is 11.9. The van der Waals surface area contributed by atoms with E-state index >= 15 is 0 Å². The summed E-state index contributed by atoms with van der Waals surface area (Å²) in [5, 5.41) is 3.51. The van der Waals surface area contributed by atoms with Crippen molar-refractivity contribution in [2.24, 2.45) is 0 Å². The first-order chi connectivity index (χ1) is 8.49. The van der Waals surface area contributed by atoms with Crippen LogP contribution in [0.2, 0.25) is 10.0 Å². The SMILES string of the molecule is Cc1c(N)cccc1Nc1c(Cl)cc(F)cc1Cl. The van der Waals surface area contributed by atoms with Crippen molar-refractivity contribution in [2.45, 2.75) is 6.92 Å². The molecule has 0 fully saturated rings. The number of anilines is 3. The molecule has 0 saturated carbocycles. The van der Waals surface area contributed by atoms with E-state index in [1.807, 2.05) is 19.1 Å². The second-order valence-corrected chi connectivity index (χ2v) is 4.70. The fourth-order valence-corrected chi connectivity index (χ4v) is 2.14. The van der Waals surface area contributed by atoms with Crippen molar-refractivity contribution >= 4 is 40.3 Å². The fourth-order valence-electron chi connectivity index (χ4n) is 1.59. The molecule has 0 saturated heterocycles. The minimum atomic E-state index is -0.472. The number of benzene rings is 2. The Labute approximate surface area is 115 Å². The molecule has 0 amide bonds. The largest absolute Gasteiger partial charge is 0.398 e. The minimum Gasteiger partial charge on any atom is -0.398 e. The lowest BCUT2D eigenvalue weighted by Crippen LogP contribution is -1.98. The van der Waals surface area contributed by atoms with Gasteiger partial charge in [-0.05, 0) is 36.8 Å². The molecule has 2 aromatic rings. The average Bonchev–Trinajstić information content (AvgIpc) is 2.28. The van der Waals surface area contributed by atoms with Gasteiger partial charge in [0.25, 0.3) is 0 Å². The maximum Gasteiger partial charge on any atom is 0.126 e. The highest BCUT2D eigenvalue weighted by atomic mass is 35.5. The molecule has 0 aliphatic carbocycles. The number of nitrogens with two attached hydrogens (primary N) is 1.